The fourth-order valence-electron chi connectivity index (χ4n) is 1.48. The van der Waals surface area contributed by atoms with Gasteiger partial charge in [0, 0.05) is 0 Å². The number of carboxylic acids is 2. The summed E-state index contributed by atoms with van der Waals surface area (Å²) in [5, 5.41) is 17.2. The molecule has 0 heterocycles. The van der Waals surface area contributed by atoms with Crippen molar-refractivity contribution in [2.45, 2.75) is 6.42 Å². The molecule has 0 saturated carbocycles. The van der Waals surface area contributed by atoms with Crippen LogP contribution in [-0.4, -0.2) is 46.0 Å². The third kappa shape index (κ3) is 4.74. The third-order valence-corrected chi connectivity index (χ3v) is 2.30. The summed E-state index contributed by atoms with van der Waals surface area (Å²) in [4.78, 5) is 33.5. The van der Waals surface area contributed by atoms with Gasteiger partial charge in [0.05, 0.1) is 6.42 Å². The molecule has 1 aromatic rings. The number of carbonyl (C=O) groups is 3. The second kappa shape index (κ2) is 6.48. The molecule has 7 heteroatoms. The van der Waals surface area contributed by atoms with Crippen molar-refractivity contribution in [3.05, 3.63) is 35.6 Å². The second-order valence-electron chi connectivity index (χ2n) is 3.81. The van der Waals surface area contributed by atoms with Gasteiger partial charge in [-0.15, -0.1) is 0 Å². The van der Waals surface area contributed by atoms with Crippen LogP contribution in [0.5, 0.6) is 0 Å². The Kier molecular flexibility index (Phi) is 4.99. The lowest BCUT2D eigenvalue weighted by Gasteiger charge is -2.18. The van der Waals surface area contributed by atoms with E-state index in [1.165, 1.54) is 24.3 Å². The number of aliphatic carboxylic acids is 2. The maximum absolute atomic E-state index is 13.3. The van der Waals surface area contributed by atoms with Gasteiger partial charge in [-0.05, 0) is 11.6 Å². The van der Waals surface area contributed by atoms with Gasteiger partial charge in [-0.3, -0.25) is 14.4 Å². The maximum atomic E-state index is 13.3. The predicted octanol–water partition coefficient (Wildman–Crippen LogP) is 0.366. The minimum atomic E-state index is -1.33. The lowest BCUT2D eigenvalue weighted by molar-refractivity contribution is -0.149. The number of amides is 1. The van der Waals surface area contributed by atoms with Crippen molar-refractivity contribution in [3.8, 4) is 0 Å². The van der Waals surface area contributed by atoms with Gasteiger partial charge >= 0.3 is 11.9 Å². The molecule has 0 fully saturated rings. The Hall–Kier alpha value is -2.44. The quantitative estimate of drug-likeness (QED) is 0.777. The zero-order valence-corrected chi connectivity index (χ0v) is 9.88. The maximum Gasteiger partial charge on any atom is 0.323 e. The Morgan fingerprint density at radius 3 is 2.05 bits per heavy atom. The zero-order valence-electron chi connectivity index (χ0n) is 9.88. The first-order valence-electron chi connectivity index (χ1n) is 5.35. The highest BCUT2D eigenvalue weighted by molar-refractivity contribution is 5.86. The number of hydrogen-bond donors (Lipinski definition) is 2. The highest BCUT2D eigenvalue weighted by Gasteiger charge is 2.20. The number of carboxylic acid groups (broad SMARTS) is 2. The van der Waals surface area contributed by atoms with Crippen LogP contribution in [0.2, 0.25) is 0 Å². The average molecular weight is 269 g/mol. The van der Waals surface area contributed by atoms with Gasteiger partial charge in [-0.2, -0.15) is 0 Å². The lowest BCUT2D eigenvalue weighted by Crippen LogP contribution is -2.40. The van der Waals surface area contributed by atoms with Gasteiger partial charge < -0.3 is 15.1 Å². The summed E-state index contributed by atoms with van der Waals surface area (Å²) in [7, 11) is 0. The Morgan fingerprint density at radius 2 is 1.58 bits per heavy atom. The molecule has 1 rings (SSSR count). The molecule has 1 amide bonds. The molecule has 102 valence electrons. The number of rotatable bonds is 6. The highest BCUT2D eigenvalue weighted by atomic mass is 19.1. The van der Waals surface area contributed by atoms with Crippen LogP contribution in [0.4, 0.5) is 4.39 Å². The van der Waals surface area contributed by atoms with Crippen LogP contribution < -0.4 is 0 Å². The minimum Gasteiger partial charge on any atom is -0.480 e. The van der Waals surface area contributed by atoms with Crippen molar-refractivity contribution in [1.82, 2.24) is 4.90 Å². The van der Waals surface area contributed by atoms with Crippen molar-refractivity contribution < 1.29 is 29.0 Å². The number of carbonyl (C=O) groups excluding carboxylic acids is 1. The molecule has 0 atom stereocenters. The minimum absolute atomic E-state index is 0.0910. The Balaban J connectivity index is 2.79. The first-order chi connectivity index (χ1) is 8.90. The zero-order chi connectivity index (χ0) is 14.4. The first-order valence-corrected chi connectivity index (χ1v) is 5.35. The number of nitrogens with zero attached hydrogens (tertiary/aromatic N) is 1. The fraction of sp³-hybridized carbons (Fsp3) is 0.250. The molecule has 0 radical (unpaired) electrons. The Labute approximate surface area is 108 Å². The summed E-state index contributed by atoms with van der Waals surface area (Å²) >= 11 is 0. The van der Waals surface area contributed by atoms with E-state index in [-0.39, 0.29) is 12.0 Å². The van der Waals surface area contributed by atoms with Gasteiger partial charge in [-0.25, -0.2) is 4.39 Å². The number of hydrogen-bond acceptors (Lipinski definition) is 3. The largest absolute Gasteiger partial charge is 0.480 e. The van der Waals surface area contributed by atoms with Crippen LogP contribution in [0.25, 0.3) is 0 Å². The highest BCUT2D eigenvalue weighted by Crippen LogP contribution is 2.08. The molecule has 0 aliphatic rings. The van der Waals surface area contributed by atoms with E-state index in [4.69, 9.17) is 10.2 Å². The summed E-state index contributed by atoms with van der Waals surface area (Å²) < 4.78 is 13.3. The van der Waals surface area contributed by atoms with Crippen molar-refractivity contribution in [1.29, 1.82) is 0 Å². The molecule has 6 nitrogen and oxygen atoms in total. The van der Waals surface area contributed by atoms with Gasteiger partial charge in [0.25, 0.3) is 0 Å². The predicted molar refractivity (Wildman–Crippen MR) is 62.0 cm³/mol. The molecule has 19 heavy (non-hydrogen) atoms. The van der Waals surface area contributed by atoms with Crippen molar-refractivity contribution in [2.24, 2.45) is 0 Å². The van der Waals surface area contributed by atoms with Gasteiger partial charge in [-0.1, -0.05) is 18.2 Å². The van der Waals surface area contributed by atoms with E-state index >= 15 is 0 Å². The van der Waals surface area contributed by atoms with Gasteiger partial charge in [0.1, 0.15) is 18.9 Å². The van der Waals surface area contributed by atoms with Crippen molar-refractivity contribution in [3.63, 3.8) is 0 Å². The molecule has 0 aromatic heterocycles. The summed E-state index contributed by atoms with van der Waals surface area (Å²) in [6, 6.07) is 5.54. The van der Waals surface area contributed by atoms with E-state index in [0.29, 0.717) is 4.90 Å². The molecule has 1 aromatic carbocycles. The van der Waals surface area contributed by atoms with E-state index in [9.17, 15) is 18.8 Å². The molecular formula is C12H12FNO5. The van der Waals surface area contributed by atoms with E-state index in [0.717, 1.165) is 0 Å². The first kappa shape index (κ1) is 14.6. The van der Waals surface area contributed by atoms with E-state index in [1.54, 1.807) is 0 Å². The van der Waals surface area contributed by atoms with Crippen LogP contribution in [0.15, 0.2) is 24.3 Å². The Bertz CT molecular complexity index is 487. The third-order valence-electron chi connectivity index (χ3n) is 2.30. The van der Waals surface area contributed by atoms with Crippen LogP contribution in [-0.2, 0) is 20.8 Å². The standard InChI is InChI=1S/C12H12FNO5/c13-9-4-2-1-3-8(9)5-10(15)14(6-11(16)17)7-12(18)19/h1-4H,5-7H2,(H,16,17)(H,18,19). The molecule has 0 unspecified atom stereocenters. The van der Waals surface area contributed by atoms with Gasteiger partial charge in [0.15, 0.2) is 0 Å². The smallest absolute Gasteiger partial charge is 0.323 e. The summed E-state index contributed by atoms with van der Waals surface area (Å²) in [5.41, 5.74) is 0.0910. The summed E-state index contributed by atoms with van der Waals surface area (Å²) in [5.74, 6) is -4.01. The van der Waals surface area contributed by atoms with Crippen molar-refractivity contribution >= 4 is 17.8 Å². The summed E-state index contributed by atoms with van der Waals surface area (Å²) in [6.07, 6.45) is -0.382. The SMILES string of the molecule is O=C(O)CN(CC(=O)O)C(=O)Cc1ccccc1F. The summed E-state index contributed by atoms with van der Waals surface area (Å²) in [6.45, 7) is -1.47. The number of halogens is 1. The molecule has 0 bridgehead atoms. The molecule has 0 spiro atoms. The van der Waals surface area contributed by atoms with Crippen LogP contribution in [0.3, 0.4) is 0 Å². The molecule has 0 aliphatic heterocycles. The van der Waals surface area contributed by atoms with Crippen LogP contribution in [0.1, 0.15) is 5.56 Å². The molecular weight excluding hydrogens is 257 g/mol. The van der Waals surface area contributed by atoms with Crippen LogP contribution in [0, 0.1) is 5.82 Å². The molecule has 0 saturated heterocycles. The van der Waals surface area contributed by atoms with E-state index < -0.39 is 36.8 Å². The molecule has 2 N–H and O–H groups in total. The van der Waals surface area contributed by atoms with E-state index in [2.05, 4.69) is 0 Å². The van der Waals surface area contributed by atoms with Gasteiger partial charge in [0.2, 0.25) is 5.91 Å². The topological polar surface area (TPSA) is 94.9 Å². The monoisotopic (exact) mass is 269 g/mol. The Morgan fingerprint density at radius 1 is 1.05 bits per heavy atom. The lowest BCUT2D eigenvalue weighted by atomic mass is 10.1. The number of benzene rings is 1. The fourth-order valence-corrected chi connectivity index (χ4v) is 1.48. The van der Waals surface area contributed by atoms with Crippen LogP contribution >= 0.6 is 0 Å². The molecule has 0 aliphatic carbocycles. The average Bonchev–Trinajstić information content (AvgIpc) is 2.30. The second-order valence-corrected chi connectivity index (χ2v) is 3.81. The van der Waals surface area contributed by atoms with E-state index in [1.807, 2.05) is 0 Å². The normalized spacial score (nSPS) is 9.95. The van der Waals surface area contributed by atoms with Crippen molar-refractivity contribution in [2.75, 3.05) is 13.1 Å².